The van der Waals surface area contributed by atoms with Crippen molar-refractivity contribution < 1.29 is 4.79 Å². The predicted molar refractivity (Wildman–Crippen MR) is 60.1 cm³/mol. The van der Waals surface area contributed by atoms with E-state index in [1.807, 2.05) is 0 Å². The normalized spacial score (nSPS) is 20.6. The molecule has 1 rings (SSSR count). The van der Waals surface area contributed by atoms with E-state index >= 15 is 0 Å². The van der Waals surface area contributed by atoms with Crippen LogP contribution in [0.3, 0.4) is 0 Å². The second-order valence-electron chi connectivity index (χ2n) is 4.07. The molecule has 0 spiro atoms. The van der Waals surface area contributed by atoms with Crippen molar-refractivity contribution in [1.29, 1.82) is 0 Å². The summed E-state index contributed by atoms with van der Waals surface area (Å²) in [5.74, 6) is 2.47. The van der Waals surface area contributed by atoms with Gasteiger partial charge in [0.05, 0.1) is 12.6 Å². The van der Waals surface area contributed by atoms with E-state index in [4.69, 9.17) is 12.2 Å². The zero-order chi connectivity index (χ0) is 11.3. The molecule has 0 aromatic rings. The number of rotatable bonds is 3. The third-order valence-corrected chi connectivity index (χ3v) is 2.63. The standard InChI is InChI=1S/C11H19N3O/c1-3-9(2)13-11(15)8-14-6-4-10(12)5-7-14/h1,9-10H,4-8,12H2,2H3,(H,13,15). The number of hydrogen-bond acceptors (Lipinski definition) is 3. The molecule has 1 aliphatic heterocycles. The Morgan fingerprint density at radius 3 is 2.80 bits per heavy atom. The molecule has 1 aliphatic rings. The van der Waals surface area contributed by atoms with Crippen LogP contribution in [0.15, 0.2) is 0 Å². The van der Waals surface area contributed by atoms with Gasteiger partial charge in [-0.2, -0.15) is 0 Å². The average Bonchev–Trinajstić information content (AvgIpc) is 2.21. The quantitative estimate of drug-likeness (QED) is 0.619. The summed E-state index contributed by atoms with van der Waals surface area (Å²) >= 11 is 0. The topological polar surface area (TPSA) is 58.4 Å². The minimum Gasteiger partial charge on any atom is -0.342 e. The van der Waals surface area contributed by atoms with E-state index in [1.165, 1.54) is 0 Å². The predicted octanol–water partition coefficient (Wildman–Crippen LogP) is -0.453. The highest BCUT2D eigenvalue weighted by Crippen LogP contribution is 2.07. The maximum atomic E-state index is 11.5. The summed E-state index contributed by atoms with van der Waals surface area (Å²) in [6.45, 7) is 4.03. The van der Waals surface area contributed by atoms with E-state index in [9.17, 15) is 4.79 Å². The third kappa shape index (κ3) is 4.32. The number of nitrogens with two attached hydrogens (primary N) is 1. The number of terminal acetylenes is 1. The number of amides is 1. The van der Waals surface area contributed by atoms with Crippen LogP contribution < -0.4 is 11.1 Å². The number of likely N-dealkylation sites (tertiary alicyclic amines) is 1. The molecular weight excluding hydrogens is 190 g/mol. The molecule has 1 amide bonds. The molecule has 0 radical (unpaired) electrons. The molecule has 3 N–H and O–H groups in total. The van der Waals surface area contributed by atoms with Crippen molar-refractivity contribution in [3.8, 4) is 12.3 Å². The van der Waals surface area contributed by atoms with Crippen LogP contribution in [0.25, 0.3) is 0 Å². The third-order valence-electron chi connectivity index (χ3n) is 2.63. The molecule has 1 atom stereocenters. The molecular formula is C11H19N3O. The van der Waals surface area contributed by atoms with Gasteiger partial charge in [0.2, 0.25) is 5.91 Å². The number of carbonyl (C=O) groups is 1. The molecule has 1 fully saturated rings. The Bertz CT molecular complexity index is 251. The van der Waals surface area contributed by atoms with Gasteiger partial charge in [-0.1, -0.05) is 5.92 Å². The molecule has 0 aliphatic carbocycles. The van der Waals surface area contributed by atoms with Gasteiger partial charge in [0.1, 0.15) is 0 Å². The first kappa shape index (κ1) is 12.0. The maximum Gasteiger partial charge on any atom is 0.235 e. The van der Waals surface area contributed by atoms with E-state index < -0.39 is 0 Å². The Labute approximate surface area is 91.2 Å². The Morgan fingerprint density at radius 1 is 1.67 bits per heavy atom. The van der Waals surface area contributed by atoms with Crippen LogP contribution in [-0.2, 0) is 4.79 Å². The monoisotopic (exact) mass is 209 g/mol. The Kier molecular flexibility index (Phi) is 4.60. The van der Waals surface area contributed by atoms with Crippen LogP contribution in [-0.4, -0.2) is 42.5 Å². The molecule has 1 unspecified atom stereocenters. The molecule has 0 aromatic heterocycles. The van der Waals surface area contributed by atoms with Crippen molar-refractivity contribution >= 4 is 5.91 Å². The lowest BCUT2D eigenvalue weighted by Crippen LogP contribution is -2.45. The van der Waals surface area contributed by atoms with E-state index in [1.54, 1.807) is 6.92 Å². The molecule has 15 heavy (non-hydrogen) atoms. The molecule has 84 valence electrons. The lowest BCUT2D eigenvalue weighted by Gasteiger charge is -2.29. The summed E-state index contributed by atoms with van der Waals surface area (Å²) in [5, 5.41) is 2.74. The number of nitrogens with one attached hydrogen (secondary N) is 1. The van der Waals surface area contributed by atoms with Gasteiger partial charge in [-0.3, -0.25) is 9.69 Å². The summed E-state index contributed by atoms with van der Waals surface area (Å²) < 4.78 is 0. The van der Waals surface area contributed by atoms with Gasteiger partial charge < -0.3 is 11.1 Å². The Hall–Kier alpha value is -1.05. The van der Waals surface area contributed by atoms with Crippen molar-refractivity contribution in [3.63, 3.8) is 0 Å². The van der Waals surface area contributed by atoms with Crippen LogP contribution >= 0.6 is 0 Å². The first-order chi connectivity index (χ1) is 7.11. The number of carbonyl (C=O) groups excluding carboxylic acids is 1. The minimum absolute atomic E-state index is 0.00378. The zero-order valence-electron chi connectivity index (χ0n) is 9.20. The molecule has 0 bridgehead atoms. The highest BCUT2D eigenvalue weighted by molar-refractivity contribution is 5.78. The Morgan fingerprint density at radius 2 is 2.27 bits per heavy atom. The summed E-state index contributed by atoms with van der Waals surface area (Å²) in [6, 6.07) is 0.110. The smallest absolute Gasteiger partial charge is 0.235 e. The van der Waals surface area contributed by atoms with Crippen molar-refractivity contribution in [3.05, 3.63) is 0 Å². The fourth-order valence-electron chi connectivity index (χ4n) is 1.64. The highest BCUT2D eigenvalue weighted by Gasteiger charge is 2.18. The summed E-state index contributed by atoms with van der Waals surface area (Å²) in [4.78, 5) is 13.6. The van der Waals surface area contributed by atoms with E-state index in [0.717, 1.165) is 25.9 Å². The summed E-state index contributed by atoms with van der Waals surface area (Å²) in [7, 11) is 0. The number of piperidine rings is 1. The maximum absolute atomic E-state index is 11.5. The fourth-order valence-corrected chi connectivity index (χ4v) is 1.64. The van der Waals surface area contributed by atoms with Crippen molar-refractivity contribution in [2.75, 3.05) is 19.6 Å². The molecule has 4 nitrogen and oxygen atoms in total. The van der Waals surface area contributed by atoms with Gasteiger partial charge in [0, 0.05) is 19.1 Å². The number of hydrogen-bond donors (Lipinski definition) is 2. The largest absolute Gasteiger partial charge is 0.342 e. The lowest BCUT2D eigenvalue weighted by molar-refractivity contribution is -0.122. The van der Waals surface area contributed by atoms with Crippen LogP contribution in [0.1, 0.15) is 19.8 Å². The summed E-state index contributed by atoms with van der Waals surface area (Å²) in [5.41, 5.74) is 5.78. The average molecular weight is 209 g/mol. The second kappa shape index (κ2) is 5.74. The van der Waals surface area contributed by atoms with Crippen LogP contribution in [0.5, 0.6) is 0 Å². The SMILES string of the molecule is C#CC(C)NC(=O)CN1CCC(N)CC1. The first-order valence-corrected chi connectivity index (χ1v) is 5.35. The molecule has 4 heteroatoms. The minimum atomic E-state index is -0.190. The second-order valence-corrected chi connectivity index (χ2v) is 4.07. The Balaban J connectivity index is 2.24. The molecule has 1 heterocycles. The molecule has 0 aromatic carbocycles. The van der Waals surface area contributed by atoms with Gasteiger partial charge in [-0.05, 0) is 19.8 Å². The molecule has 0 saturated carbocycles. The van der Waals surface area contributed by atoms with Crippen molar-refractivity contribution in [2.24, 2.45) is 5.73 Å². The van der Waals surface area contributed by atoms with Crippen LogP contribution in [0.2, 0.25) is 0 Å². The zero-order valence-corrected chi connectivity index (χ0v) is 9.20. The van der Waals surface area contributed by atoms with E-state index in [0.29, 0.717) is 12.6 Å². The van der Waals surface area contributed by atoms with Crippen LogP contribution in [0, 0.1) is 12.3 Å². The van der Waals surface area contributed by atoms with Gasteiger partial charge >= 0.3 is 0 Å². The van der Waals surface area contributed by atoms with Gasteiger partial charge in [0.15, 0.2) is 0 Å². The van der Waals surface area contributed by atoms with Crippen LogP contribution in [0.4, 0.5) is 0 Å². The van der Waals surface area contributed by atoms with E-state index in [2.05, 4.69) is 16.1 Å². The fraction of sp³-hybridized carbons (Fsp3) is 0.727. The number of nitrogens with zero attached hydrogens (tertiary/aromatic N) is 1. The van der Waals surface area contributed by atoms with Gasteiger partial charge in [0.25, 0.3) is 0 Å². The first-order valence-electron chi connectivity index (χ1n) is 5.35. The lowest BCUT2D eigenvalue weighted by atomic mass is 10.1. The van der Waals surface area contributed by atoms with Gasteiger partial charge in [-0.25, -0.2) is 0 Å². The summed E-state index contributed by atoms with van der Waals surface area (Å²) in [6.07, 6.45) is 7.12. The van der Waals surface area contributed by atoms with E-state index in [-0.39, 0.29) is 11.9 Å². The van der Waals surface area contributed by atoms with Crippen molar-refractivity contribution in [2.45, 2.75) is 31.8 Å². The highest BCUT2D eigenvalue weighted by atomic mass is 16.2. The van der Waals surface area contributed by atoms with Gasteiger partial charge in [-0.15, -0.1) is 6.42 Å². The molecule has 1 saturated heterocycles. The van der Waals surface area contributed by atoms with Crippen molar-refractivity contribution in [1.82, 2.24) is 10.2 Å².